The minimum atomic E-state index is -1.01. The van der Waals surface area contributed by atoms with Crippen molar-refractivity contribution in [2.75, 3.05) is 19.5 Å². The highest BCUT2D eigenvalue weighted by Gasteiger charge is 2.20. The van der Waals surface area contributed by atoms with Crippen LogP contribution in [0.15, 0.2) is 36.4 Å². The Bertz CT molecular complexity index is 1110. The molecule has 1 unspecified atom stereocenters. The van der Waals surface area contributed by atoms with Crippen LogP contribution in [0.4, 0.5) is 5.69 Å². The summed E-state index contributed by atoms with van der Waals surface area (Å²) < 4.78 is 15.7. The quantitative estimate of drug-likeness (QED) is 0.623. The third kappa shape index (κ3) is 4.48. The molecular weight excluding hydrogens is 386 g/mol. The van der Waals surface area contributed by atoms with Gasteiger partial charge in [0, 0.05) is 11.8 Å². The standard InChI is InChI=1S/C22H23N3O5/c1-12-13(2)24-18-10-15(6-8-17(18)23-12)22(27)30-14(3)21(26)25-16-7-9-19(28-4)20(11-16)29-5/h6-11,14H,1-5H3,(H,25,26). The van der Waals surface area contributed by atoms with Gasteiger partial charge in [-0.05, 0) is 51.1 Å². The summed E-state index contributed by atoms with van der Waals surface area (Å²) in [6.45, 7) is 5.23. The Kier molecular flexibility index (Phi) is 6.15. The molecule has 8 nitrogen and oxygen atoms in total. The van der Waals surface area contributed by atoms with E-state index >= 15 is 0 Å². The van der Waals surface area contributed by atoms with Crippen LogP contribution in [0.2, 0.25) is 0 Å². The molecule has 3 aromatic rings. The van der Waals surface area contributed by atoms with E-state index in [1.165, 1.54) is 21.1 Å². The summed E-state index contributed by atoms with van der Waals surface area (Å²) >= 11 is 0. The lowest BCUT2D eigenvalue weighted by Gasteiger charge is -2.15. The van der Waals surface area contributed by atoms with Crippen molar-refractivity contribution in [3.63, 3.8) is 0 Å². The molecule has 1 heterocycles. The summed E-state index contributed by atoms with van der Waals surface area (Å²) in [6, 6.07) is 9.88. The zero-order valence-corrected chi connectivity index (χ0v) is 17.5. The fraction of sp³-hybridized carbons (Fsp3) is 0.273. The number of aryl methyl sites for hydroxylation is 2. The highest BCUT2D eigenvalue weighted by molar-refractivity contribution is 5.98. The van der Waals surface area contributed by atoms with Crippen LogP contribution in [0.25, 0.3) is 11.0 Å². The fourth-order valence-electron chi connectivity index (χ4n) is 2.80. The molecule has 3 rings (SSSR count). The Morgan fingerprint density at radius 2 is 1.57 bits per heavy atom. The Balaban J connectivity index is 1.69. The van der Waals surface area contributed by atoms with Gasteiger partial charge in [-0.1, -0.05) is 0 Å². The molecule has 1 atom stereocenters. The minimum absolute atomic E-state index is 0.297. The first-order valence-corrected chi connectivity index (χ1v) is 9.31. The summed E-state index contributed by atoms with van der Waals surface area (Å²) in [7, 11) is 3.03. The number of anilines is 1. The van der Waals surface area contributed by atoms with Crippen molar-refractivity contribution in [2.24, 2.45) is 0 Å². The second-order valence-corrected chi connectivity index (χ2v) is 6.70. The highest BCUT2D eigenvalue weighted by Crippen LogP contribution is 2.29. The van der Waals surface area contributed by atoms with Crippen LogP contribution < -0.4 is 14.8 Å². The van der Waals surface area contributed by atoms with Crippen molar-refractivity contribution in [2.45, 2.75) is 26.9 Å². The molecule has 0 saturated heterocycles. The predicted molar refractivity (Wildman–Crippen MR) is 112 cm³/mol. The van der Waals surface area contributed by atoms with Gasteiger partial charge in [-0.2, -0.15) is 0 Å². The Morgan fingerprint density at radius 3 is 2.23 bits per heavy atom. The van der Waals surface area contributed by atoms with Gasteiger partial charge < -0.3 is 19.5 Å². The summed E-state index contributed by atoms with van der Waals surface area (Å²) in [6.07, 6.45) is -1.01. The van der Waals surface area contributed by atoms with Crippen molar-refractivity contribution in [1.82, 2.24) is 9.97 Å². The summed E-state index contributed by atoms with van der Waals surface area (Å²) in [5, 5.41) is 2.69. The lowest BCUT2D eigenvalue weighted by Crippen LogP contribution is -2.30. The van der Waals surface area contributed by atoms with E-state index in [-0.39, 0.29) is 0 Å². The third-order valence-corrected chi connectivity index (χ3v) is 4.62. The van der Waals surface area contributed by atoms with Crippen LogP contribution in [-0.2, 0) is 9.53 Å². The van der Waals surface area contributed by atoms with Crippen LogP contribution in [0.5, 0.6) is 11.5 Å². The molecule has 1 N–H and O–H groups in total. The van der Waals surface area contributed by atoms with Gasteiger partial charge in [0.1, 0.15) is 0 Å². The number of amides is 1. The van der Waals surface area contributed by atoms with E-state index in [1.807, 2.05) is 13.8 Å². The van der Waals surface area contributed by atoms with E-state index in [0.29, 0.717) is 33.8 Å². The van der Waals surface area contributed by atoms with Crippen molar-refractivity contribution in [3.8, 4) is 11.5 Å². The molecule has 0 spiro atoms. The first-order valence-electron chi connectivity index (χ1n) is 9.31. The van der Waals surface area contributed by atoms with Gasteiger partial charge in [0.05, 0.1) is 42.2 Å². The van der Waals surface area contributed by atoms with E-state index < -0.39 is 18.0 Å². The summed E-state index contributed by atoms with van der Waals surface area (Å²) in [5.41, 5.74) is 3.69. The van der Waals surface area contributed by atoms with Crippen LogP contribution in [0.1, 0.15) is 28.7 Å². The Labute approximate surface area is 174 Å². The molecule has 30 heavy (non-hydrogen) atoms. The van der Waals surface area contributed by atoms with E-state index in [2.05, 4.69) is 15.3 Å². The third-order valence-electron chi connectivity index (χ3n) is 4.62. The highest BCUT2D eigenvalue weighted by atomic mass is 16.5. The lowest BCUT2D eigenvalue weighted by molar-refractivity contribution is -0.123. The second-order valence-electron chi connectivity index (χ2n) is 6.70. The first-order chi connectivity index (χ1) is 14.3. The molecule has 0 aliphatic rings. The van der Waals surface area contributed by atoms with Gasteiger partial charge >= 0.3 is 5.97 Å². The number of rotatable bonds is 6. The van der Waals surface area contributed by atoms with Crippen LogP contribution in [-0.4, -0.2) is 42.2 Å². The number of fused-ring (bicyclic) bond motifs is 1. The maximum atomic E-state index is 12.5. The number of methoxy groups -OCH3 is 2. The number of ether oxygens (including phenoxy) is 3. The zero-order chi connectivity index (χ0) is 21.8. The number of hydrogen-bond donors (Lipinski definition) is 1. The molecule has 156 valence electrons. The molecule has 0 aliphatic carbocycles. The monoisotopic (exact) mass is 409 g/mol. The number of nitrogens with zero attached hydrogens (tertiary/aromatic N) is 2. The molecule has 0 fully saturated rings. The molecule has 8 heteroatoms. The second kappa shape index (κ2) is 8.77. The van der Waals surface area contributed by atoms with Crippen LogP contribution in [0, 0.1) is 13.8 Å². The molecule has 0 aliphatic heterocycles. The lowest BCUT2D eigenvalue weighted by atomic mass is 10.2. The fourth-order valence-corrected chi connectivity index (χ4v) is 2.80. The topological polar surface area (TPSA) is 99.6 Å². The molecular formula is C22H23N3O5. The number of carbonyl (C=O) groups excluding carboxylic acids is 2. The van der Waals surface area contributed by atoms with E-state index in [0.717, 1.165) is 11.4 Å². The summed E-state index contributed by atoms with van der Waals surface area (Å²) in [5.74, 6) is -0.0722. The Hall–Kier alpha value is -3.68. The molecule has 0 radical (unpaired) electrons. The maximum absolute atomic E-state index is 12.5. The van der Waals surface area contributed by atoms with E-state index in [9.17, 15) is 9.59 Å². The number of aromatic nitrogens is 2. The van der Waals surface area contributed by atoms with Gasteiger partial charge in [0.25, 0.3) is 5.91 Å². The number of benzene rings is 2. The molecule has 1 amide bonds. The molecule has 2 aromatic carbocycles. The van der Waals surface area contributed by atoms with Crippen molar-refractivity contribution in [1.29, 1.82) is 0 Å². The molecule has 1 aromatic heterocycles. The average Bonchev–Trinajstić information content (AvgIpc) is 2.73. The Morgan fingerprint density at radius 1 is 0.900 bits per heavy atom. The molecule has 0 bridgehead atoms. The van der Waals surface area contributed by atoms with Crippen LogP contribution in [0.3, 0.4) is 0 Å². The van der Waals surface area contributed by atoms with Gasteiger partial charge in [-0.25, -0.2) is 14.8 Å². The zero-order valence-electron chi connectivity index (χ0n) is 17.5. The van der Waals surface area contributed by atoms with Gasteiger partial charge in [0.2, 0.25) is 0 Å². The SMILES string of the molecule is COc1ccc(NC(=O)C(C)OC(=O)c2ccc3nc(C)c(C)nc3c2)cc1OC. The van der Waals surface area contributed by atoms with Crippen molar-refractivity contribution in [3.05, 3.63) is 53.3 Å². The predicted octanol–water partition coefficient (Wildman–Crippen LogP) is 3.45. The summed E-state index contributed by atoms with van der Waals surface area (Å²) in [4.78, 5) is 33.8. The van der Waals surface area contributed by atoms with Gasteiger partial charge in [-0.15, -0.1) is 0 Å². The van der Waals surface area contributed by atoms with Crippen molar-refractivity contribution < 1.29 is 23.8 Å². The maximum Gasteiger partial charge on any atom is 0.338 e. The van der Waals surface area contributed by atoms with Gasteiger partial charge in [-0.3, -0.25) is 4.79 Å². The first kappa shape index (κ1) is 21.0. The average molecular weight is 409 g/mol. The van der Waals surface area contributed by atoms with Crippen LogP contribution >= 0.6 is 0 Å². The normalized spacial score (nSPS) is 11.6. The number of nitrogens with one attached hydrogen (secondary N) is 1. The number of carbonyl (C=O) groups is 2. The molecule has 0 saturated carbocycles. The number of esters is 1. The smallest absolute Gasteiger partial charge is 0.338 e. The minimum Gasteiger partial charge on any atom is -0.493 e. The van der Waals surface area contributed by atoms with E-state index in [1.54, 1.807) is 36.4 Å². The van der Waals surface area contributed by atoms with E-state index in [4.69, 9.17) is 14.2 Å². The number of hydrogen-bond acceptors (Lipinski definition) is 7. The van der Waals surface area contributed by atoms with Gasteiger partial charge in [0.15, 0.2) is 17.6 Å². The largest absolute Gasteiger partial charge is 0.493 e. The van der Waals surface area contributed by atoms with Crippen molar-refractivity contribution >= 4 is 28.6 Å².